The molecule has 1 N–H and O–H groups in total. The van der Waals surface area contributed by atoms with E-state index in [4.69, 9.17) is 16.3 Å². The highest BCUT2D eigenvalue weighted by Gasteiger charge is 2.32. The average Bonchev–Trinajstić information content (AvgIpc) is 3.32. The standard InChI is InChI=1S/C19H15ClN4O3S/c20-17-4-3-16(28-17)18(25)23-10-14-11-24(19(26)27-14)13-1-2-15(22-9-13)12-5-7-21-8-6-12/h1-9,14H,10-11H2,(H,23,25). The first kappa shape index (κ1) is 18.4. The Hall–Kier alpha value is -2.97. The molecule has 2 amide bonds. The van der Waals surface area contributed by atoms with Crippen molar-refractivity contribution in [3.05, 3.63) is 64.2 Å². The Morgan fingerprint density at radius 2 is 2.07 bits per heavy atom. The molecular weight excluding hydrogens is 400 g/mol. The zero-order valence-corrected chi connectivity index (χ0v) is 16.1. The van der Waals surface area contributed by atoms with Crippen molar-refractivity contribution in [2.75, 3.05) is 18.0 Å². The van der Waals surface area contributed by atoms with E-state index < -0.39 is 12.2 Å². The molecule has 3 aromatic rings. The van der Waals surface area contributed by atoms with Crippen molar-refractivity contribution in [1.29, 1.82) is 0 Å². The maximum Gasteiger partial charge on any atom is 0.414 e. The molecule has 1 aliphatic rings. The Bertz CT molecular complexity index is 994. The highest BCUT2D eigenvalue weighted by Crippen LogP contribution is 2.24. The van der Waals surface area contributed by atoms with Crippen LogP contribution in [0.4, 0.5) is 10.5 Å². The number of nitrogens with zero attached hydrogens (tertiary/aromatic N) is 3. The van der Waals surface area contributed by atoms with Gasteiger partial charge in [-0.25, -0.2) is 4.79 Å². The maximum absolute atomic E-state index is 12.2. The number of anilines is 1. The van der Waals surface area contributed by atoms with Crippen molar-refractivity contribution >= 4 is 40.6 Å². The number of aromatic nitrogens is 2. The van der Waals surface area contributed by atoms with Gasteiger partial charge in [-0.1, -0.05) is 11.6 Å². The molecular formula is C19H15ClN4O3S. The third-order valence-electron chi connectivity index (χ3n) is 4.20. The normalized spacial score (nSPS) is 16.1. The van der Waals surface area contributed by atoms with Crippen LogP contribution < -0.4 is 10.2 Å². The molecule has 1 unspecified atom stereocenters. The number of pyridine rings is 2. The number of halogens is 1. The predicted octanol–water partition coefficient (Wildman–Crippen LogP) is 3.61. The predicted molar refractivity (Wildman–Crippen MR) is 107 cm³/mol. The summed E-state index contributed by atoms with van der Waals surface area (Å²) in [6.07, 6.45) is 4.13. The van der Waals surface area contributed by atoms with E-state index >= 15 is 0 Å². The highest BCUT2D eigenvalue weighted by molar-refractivity contribution is 7.17. The minimum absolute atomic E-state index is 0.221. The lowest BCUT2D eigenvalue weighted by Gasteiger charge is -2.13. The molecule has 0 bridgehead atoms. The fourth-order valence-corrected chi connectivity index (χ4v) is 3.77. The summed E-state index contributed by atoms with van der Waals surface area (Å²) < 4.78 is 5.90. The lowest BCUT2D eigenvalue weighted by Crippen LogP contribution is -2.34. The molecule has 142 valence electrons. The molecule has 0 spiro atoms. The quantitative estimate of drug-likeness (QED) is 0.689. The Morgan fingerprint density at radius 3 is 2.75 bits per heavy atom. The Morgan fingerprint density at radius 1 is 1.25 bits per heavy atom. The number of nitrogens with one attached hydrogen (secondary N) is 1. The molecule has 0 aromatic carbocycles. The van der Waals surface area contributed by atoms with E-state index in [1.807, 2.05) is 24.3 Å². The molecule has 3 aromatic heterocycles. The largest absolute Gasteiger partial charge is 0.442 e. The third-order valence-corrected chi connectivity index (χ3v) is 5.43. The van der Waals surface area contributed by atoms with Crippen molar-refractivity contribution in [3.63, 3.8) is 0 Å². The number of amides is 2. The number of hydrogen-bond donors (Lipinski definition) is 1. The van der Waals surface area contributed by atoms with Gasteiger partial charge in [0.1, 0.15) is 6.10 Å². The van der Waals surface area contributed by atoms with Gasteiger partial charge in [0.25, 0.3) is 5.91 Å². The van der Waals surface area contributed by atoms with Crippen LogP contribution in [0.15, 0.2) is 55.0 Å². The van der Waals surface area contributed by atoms with E-state index in [0.29, 0.717) is 21.4 Å². The van der Waals surface area contributed by atoms with Crippen molar-refractivity contribution in [3.8, 4) is 11.3 Å². The number of carbonyl (C=O) groups excluding carboxylic acids is 2. The van der Waals surface area contributed by atoms with E-state index in [-0.39, 0.29) is 12.5 Å². The molecule has 28 heavy (non-hydrogen) atoms. The maximum atomic E-state index is 12.2. The lowest BCUT2D eigenvalue weighted by atomic mass is 10.2. The van der Waals surface area contributed by atoms with E-state index in [0.717, 1.165) is 11.3 Å². The van der Waals surface area contributed by atoms with Gasteiger partial charge >= 0.3 is 6.09 Å². The van der Waals surface area contributed by atoms with Gasteiger partial charge in [-0.05, 0) is 36.4 Å². The van der Waals surface area contributed by atoms with E-state index in [9.17, 15) is 9.59 Å². The molecule has 1 atom stereocenters. The molecule has 7 nitrogen and oxygen atoms in total. The number of ether oxygens (including phenoxy) is 1. The molecule has 0 aliphatic carbocycles. The van der Waals surface area contributed by atoms with Crippen molar-refractivity contribution in [1.82, 2.24) is 15.3 Å². The molecule has 0 saturated carbocycles. The fourth-order valence-electron chi connectivity index (χ4n) is 2.81. The summed E-state index contributed by atoms with van der Waals surface area (Å²) in [5.74, 6) is -0.241. The van der Waals surface area contributed by atoms with Crippen LogP contribution in [-0.4, -0.2) is 41.2 Å². The lowest BCUT2D eigenvalue weighted by molar-refractivity contribution is 0.0920. The van der Waals surface area contributed by atoms with Gasteiger partial charge in [0.2, 0.25) is 0 Å². The summed E-state index contributed by atoms with van der Waals surface area (Å²) in [5, 5.41) is 2.76. The minimum atomic E-state index is -0.461. The number of cyclic esters (lactones) is 1. The van der Waals surface area contributed by atoms with Gasteiger partial charge in [-0.15, -0.1) is 11.3 Å². The molecule has 1 saturated heterocycles. The summed E-state index contributed by atoms with van der Waals surface area (Å²) >= 11 is 7.04. The molecule has 1 fully saturated rings. The second-order valence-electron chi connectivity index (χ2n) is 6.07. The topological polar surface area (TPSA) is 84.4 Å². The fraction of sp³-hybridized carbons (Fsp3) is 0.158. The number of rotatable bonds is 5. The van der Waals surface area contributed by atoms with Gasteiger partial charge in [-0.3, -0.25) is 19.7 Å². The first-order valence-electron chi connectivity index (χ1n) is 8.48. The SMILES string of the molecule is O=C(NCC1CN(c2ccc(-c3ccncc3)nc2)C(=O)O1)c1ccc(Cl)s1. The van der Waals surface area contributed by atoms with Gasteiger partial charge in [0.15, 0.2) is 0 Å². The zero-order chi connectivity index (χ0) is 19.5. The monoisotopic (exact) mass is 414 g/mol. The van der Waals surface area contributed by atoms with E-state index in [2.05, 4.69) is 15.3 Å². The van der Waals surface area contributed by atoms with Crippen LogP contribution in [0.25, 0.3) is 11.3 Å². The molecule has 4 heterocycles. The third kappa shape index (κ3) is 3.97. The second-order valence-corrected chi connectivity index (χ2v) is 7.78. The number of carbonyl (C=O) groups is 2. The Labute approximate surface area is 169 Å². The first-order chi connectivity index (χ1) is 13.6. The number of hydrogen-bond acceptors (Lipinski definition) is 6. The van der Waals surface area contributed by atoms with Crippen LogP contribution in [-0.2, 0) is 4.74 Å². The molecule has 4 rings (SSSR count). The van der Waals surface area contributed by atoms with E-state index in [1.165, 1.54) is 16.2 Å². The van der Waals surface area contributed by atoms with Crippen LogP contribution in [0.3, 0.4) is 0 Å². The zero-order valence-electron chi connectivity index (χ0n) is 14.5. The summed E-state index contributed by atoms with van der Waals surface area (Å²) in [6, 6.07) is 10.7. The summed E-state index contributed by atoms with van der Waals surface area (Å²) in [4.78, 5) is 34.7. The Balaban J connectivity index is 1.37. The van der Waals surface area contributed by atoms with Crippen molar-refractivity contribution in [2.45, 2.75) is 6.10 Å². The van der Waals surface area contributed by atoms with Crippen molar-refractivity contribution < 1.29 is 14.3 Å². The summed E-state index contributed by atoms with van der Waals surface area (Å²) in [5.41, 5.74) is 2.37. The molecule has 1 aliphatic heterocycles. The minimum Gasteiger partial charge on any atom is -0.442 e. The molecule has 0 radical (unpaired) electrons. The van der Waals surface area contributed by atoms with Crippen LogP contribution in [0.1, 0.15) is 9.67 Å². The summed E-state index contributed by atoms with van der Waals surface area (Å²) in [7, 11) is 0. The van der Waals surface area contributed by atoms with Crippen LogP contribution >= 0.6 is 22.9 Å². The first-order valence-corrected chi connectivity index (χ1v) is 9.68. The summed E-state index contributed by atoms with van der Waals surface area (Å²) in [6.45, 7) is 0.555. The van der Waals surface area contributed by atoms with Crippen LogP contribution in [0, 0.1) is 0 Å². The van der Waals surface area contributed by atoms with Gasteiger partial charge in [0, 0.05) is 18.0 Å². The average molecular weight is 415 g/mol. The second kappa shape index (κ2) is 7.95. The smallest absolute Gasteiger partial charge is 0.414 e. The van der Waals surface area contributed by atoms with Gasteiger partial charge < -0.3 is 10.1 Å². The van der Waals surface area contributed by atoms with E-state index in [1.54, 1.807) is 30.7 Å². The molecule has 9 heteroatoms. The number of thiophene rings is 1. The highest BCUT2D eigenvalue weighted by atomic mass is 35.5. The van der Waals surface area contributed by atoms with Crippen LogP contribution in [0.5, 0.6) is 0 Å². The van der Waals surface area contributed by atoms with Crippen LogP contribution in [0.2, 0.25) is 4.34 Å². The van der Waals surface area contributed by atoms with Gasteiger partial charge in [-0.2, -0.15) is 0 Å². The van der Waals surface area contributed by atoms with Crippen molar-refractivity contribution in [2.24, 2.45) is 0 Å². The Kier molecular flexibility index (Phi) is 5.23. The van der Waals surface area contributed by atoms with Gasteiger partial charge in [0.05, 0.1) is 39.9 Å².